The number of rotatable bonds is 8. The van der Waals surface area contributed by atoms with Crippen molar-refractivity contribution in [1.82, 2.24) is 19.5 Å². The number of fused-ring (bicyclic) bond motifs is 1. The van der Waals surface area contributed by atoms with Crippen molar-refractivity contribution in [1.29, 1.82) is 0 Å². The van der Waals surface area contributed by atoms with Gasteiger partial charge in [-0.2, -0.15) is 0 Å². The Bertz CT molecular complexity index is 1090. The molecule has 1 aliphatic carbocycles. The second-order valence-corrected chi connectivity index (χ2v) is 23.8. The van der Waals surface area contributed by atoms with Gasteiger partial charge in [-0.05, 0) is 61.9 Å². The Morgan fingerprint density at radius 3 is 2.31 bits per heavy atom. The molecule has 0 amide bonds. The van der Waals surface area contributed by atoms with E-state index >= 15 is 0 Å². The van der Waals surface area contributed by atoms with Crippen LogP contribution in [0.3, 0.4) is 0 Å². The topological polar surface area (TPSA) is 80.5 Å². The largest absolute Gasteiger partial charge is 0.530 e. The molecular weight excluding hydrogens is 615 g/mol. The van der Waals surface area contributed by atoms with E-state index in [9.17, 15) is 0 Å². The molecule has 3 heterocycles. The number of nitrogens with zero attached hydrogens (tertiary/aromatic N) is 4. The van der Waals surface area contributed by atoms with Crippen LogP contribution < -0.4 is 4.74 Å². The Labute approximate surface area is 250 Å². The number of hydrogen-bond donors (Lipinski definition) is 0. The molecule has 4 atom stereocenters. The smallest absolute Gasteiger partial charge is 0.192 e. The van der Waals surface area contributed by atoms with Gasteiger partial charge < -0.3 is 32.9 Å². The molecule has 1 radical (unpaired) electrons. The fraction of sp³-hybridized carbons (Fsp3) is 0.821. The molecule has 2 aromatic rings. The summed E-state index contributed by atoms with van der Waals surface area (Å²) in [4.78, 5) is 13.4. The van der Waals surface area contributed by atoms with E-state index in [4.69, 9.17) is 18.3 Å². The van der Waals surface area contributed by atoms with Crippen molar-refractivity contribution in [3.05, 3.63) is 12.7 Å². The van der Waals surface area contributed by atoms with E-state index in [0.717, 1.165) is 38.7 Å². The molecular formula is C28H49N4O4RhSi2-. The normalized spacial score (nSPS) is 25.1. The van der Waals surface area contributed by atoms with Crippen molar-refractivity contribution in [2.75, 3.05) is 13.2 Å². The molecule has 11 heteroatoms. The van der Waals surface area contributed by atoms with Gasteiger partial charge in [0.1, 0.15) is 12.1 Å². The number of ether oxygens (including phenoxy) is 2. The molecule has 2 aliphatic rings. The van der Waals surface area contributed by atoms with Gasteiger partial charge in [0.15, 0.2) is 16.6 Å². The van der Waals surface area contributed by atoms with Crippen LogP contribution >= 0.6 is 0 Å². The molecule has 4 rings (SSSR count). The van der Waals surface area contributed by atoms with Gasteiger partial charge in [0.25, 0.3) is 0 Å². The Morgan fingerprint density at radius 1 is 1.00 bits per heavy atom. The fourth-order valence-electron chi connectivity index (χ4n) is 4.72. The van der Waals surface area contributed by atoms with Gasteiger partial charge in [-0.3, -0.25) is 4.98 Å². The summed E-state index contributed by atoms with van der Waals surface area (Å²) in [6.07, 6.45) is 9.49. The first-order valence-electron chi connectivity index (χ1n) is 14.3. The summed E-state index contributed by atoms with van der Waals surface area (Å²) < 4.78 is 28.2. The maximum Gasteiger partial charge on any atom is 0.192 e. The van der Waals surface area contributed by atoms with E-state index in [0.29, 0.717) is 23.7 Å². The quantitative estimate of drug-likeness (QED) is 0.225. The molecule has 2 fully saturated rings. The second kappa shape index (κ2) is 12.3. The fourth-order valence-corrected chi connectivity index (χ4v) is 7.18. The number of aromatic nitrogens is 4. The van der Waals surface area contributed by atoms with E-state index in [1.807, 2.05) is 4.57 Å². The standard InChI is InChI=1S/C28H49N4O4Si2.Rh/c1-27(2,3)37(7,8)34-17-20-15-21(16-22(20)36-38(9,10)28(4,5)6)35-26-24-25(29-18-30-26)32(19-31-24)23-13-11-12-14-33-23;/h19-23H,11-17H2,1-10H3;/q-1;/t20-,21+,22-,23?;/m0./s1. The molecule has 39 heavy (non-hydrogen) atoms. The maximum absolute atomic E-state index is 6.98. The third-order valence-electron chi connectivity index (χ3n) is 9.33. The maximum atomic E-state index is 6.98. The van der Waals surface area contributed by atoms with E-state index in [2.05, 4.69) is 89.0 Å². The van der Waals surface area contributed by atoms with E-state index in [1.165, 1.54) is 0 Å². The number of imidazole rings is 1. The predicted molar refractivity (Wildman–Crippen MR) is 155 cm³/mol. The van der Waals surface area contributed by atoms with Crippen molar-refractivity contribution >= 4 is 27.8 Å². The molecule has 1 unspecified atom stereocenters. The zero-order chi connectivity index (χ0) is 27.9. The van der Waals surface area contributed by atoms with Crippen molar-refractivity contribution in [3.8, 4) is 5.88 Å². The Balaban J connectivity index is 0.00000420. The molecule has 2 aromatic heterocycles. The van der Waals surface area contributed by atoms with Crippen LogP contribution in [-0.2, 0) is 33.1 Å². The van der Waals surface area contributed by atoms with Crippen LogP contribution in [0.5, 0.6) is 5.88 Å². The minimum Gasteiger partial charge on any atom is -0.530 e. The summed E-state index contributed by atoms with van der Waals surface area (Å²) in [6, 6.07) is 0. The first-order valence-corrected chi connectivity index (χ1v) is 20.1. The van der Waals surface area contributed by atoms with Crippen molar-refractivity contribution < 1.29 is 37.8 Å². The molecule has 0 bridgehead atoms. The van der Waals surface area contributed by atoms with Crippen LogP contribution in [0.25, 0.3) is 11.2 Å². The zero-order valence-corrected chi connectivity index (χ0v) is 29.2. The molecule has 0 spiro atoms. The minimum absolute atomic E-state index is 0. The second-order valence-electron chi connectivity index (χ2n) is 14.2. The van der Waals surface area contributed by atoms with Gasteiger partial charge >= 0.3 is 0 Å². The van der Waals surface area contributed by atoms with Crippen molar-refractivity contribution in [2.24, 2.45) is 5.92 Å². The van der Waals surface area contributed by atoms with Gasteiger partial charge in [-0.1, -0.05) is 41.5 Å². The first-order chi connectivity index (χ1) is 17.6. The average molecular weight is 665 g/mol. The Morgan fingerprint density at radius 2 is 1.69 bits per heavy atom. The summed E-state index contributed by atoms with van der Waals surface area (Å²) in [7, 11) is -3.84. The summed E-state index contributed by atoms with van der Waals surface area (Å²) in [5.74, 6) is 0.768. The molecule has 1 aliphatic heterocycles. The zero-order valence-electron chi connectivity index (χ0n) is 25.6. The van der Waals surface area contributed by atoms with Crippen LogP contribution in [0, 0.1) is 12.2 Å². The van der Waals surface area contributed by atoms with Crippen LogP contribution in [-0.4, -0.2) is 61.6 Å². The third kappa shape index (κ3) is 7.39. The SMILES string of the molecule is CC(C)(C)[Si](C)(C)OC[C@@H]1C[C@@H](Oc2n[c-]nc3c2ncn3C2CCCCO2)C[C@@H]1O[Si](C)(C)C(C)(C)C.[Rh]. The molecule has 223 valence electrons. The van der Waals surface area contributed by atoms with Crippen LogP contribution in [0.2, 0.25) is 36.3 Å². The average Bonchev–Trinajstić information content (AvgIpc) is 3.41. The van der Waals surface area contributed by atoms with Gasteiger partial charge in [0.05, 0.1) is 29.7 Å². The predicted octanol–water partition coefficient (Wildman–Crippen LogP) is 6.89. The van der Waals surface area contributed by atoms with Crippen LogP contribution in [0.4, 0.5) is 0 Å². The van der Waals surface area contributed by atoms with E-state index < -0.39 is 16.6 Å². The minimum atomic E-state index is -1.97. The molecule has 0 aromatic carbocycles. The summed E-state index contributed by atoms with van der Waals surface area (Å²) in [5, 5.41) is 0.305. The number of hydrogen-bond acceptors (Lipinski definition) is 7. The van der Waals surface area contributed by atoms with Gasteiger partial charge in [0, 0.05) is 51.4 Å². The Hall–Kier alpha value is -0.713. The third-order valence-corrected chi connectivity index (χ3v) is 18.3. The first kappa shape index (κ1) is 32.8. The van der Waals surface area contributed by atoms with Crippen molar-refractivity contribution in [2.45, 2.75) is 128 Å². The van der Waals surface area contributed by atoms with Gasteiger partial charge in [-0.15, -0.1) is 0 Å². The van der Waals surface area contributed by atoms with Crippen molar-refractivity contribution in [3.63, 3.8) is 0 Å². The summed E-state index contributed by atoms with van der Waals surface area (Å²) in [5.41, 5.74) is 1.38. The van der Waals surface area contributed by atoms with E-state index in [-0.39, 0.29) is 53.9 Å². The van der Waals surface area contributed by atoms with Crippen LogP contribution in [0.15, 0.2) is 6.33 Å². The van der Waals surface area contributed by atoms with Gasteiger partial charge in [-0.25, -0.2) is 0 Å². The molecule has 1 saturated heterocycles. The summed E-state index contributed by atoms with van der Waals surface area (Å²) in [6.45, 7) is 24.5. The molecule has 0 N–H and O–H groups in total. The van der Waals surface area contributed by atoms with Gasteiger partial charge in [0.2, 0.25) is 0 Å². The Kier molecular flexibility index (Phi) is 10.3. The molecule has 8 nitrogen and oxygen atoms in total. The summed E-state index contributed by atoms with van der Waals surface area (Å²) >= 11 is 0. The molecule has 1 saturated carbocycles. The van der Waals surface area contributed by atoms with E-state index in [1.54, 1.807) is 6.33 Å². The monoisotopic (exact) mass is 664 g/mol. The van der Waals surface area contributed by atoms with Crippen LogP contribution in [0.1, 0.15) is 79.9 Å².